The van der Waals surface area contributed by atoms with E-state index in [1.165, 1.54) is 25.7 Å². The molecule has 2 aromatic rings. The molecule has 2 aliphatic carbocycles. The molecule has 1 aromatic heterocycles. The predicted molar refractivity (Wildman–Crippen MR) is 86.7 cm³/mol. The summed E-state index contributed by atoms with van der Waals surface area (Å²) in [5.41, 5.74) is 8.97. The standard InChI is InChI=1S/C16H18BrN3/c17-11-7-12-13(18)3-4-14(16(12)19-8-11)20-15-6-9-1-2-10(15)5-9/h3-4,7-10,15,20H,1-2,5-6,18H2. The van der Waals surface area contributed by atoms with Crippen molar-refractivity contribution in [3.63, 3.8) is 0 Å². The Bertz CT molecular complexity index is 670. The Labute approximate surface area is 127 Å². The van der Waals surface area contributed by atoms with Crippen LogP contribution in [0.15, 0.2) is 28.9 Å². The van der Waals surface area contributed by atoms with Crippen LogP contribution < -0.4 is 11.1 Å². The zero-order valence-corrected chi connectivity index (χ0v) is 12.9. The van der Waals surface area contributed by atoms with Gasteiger partial charge in [0, 0.05) is 27.8 Å². The summed E-state index contributed by atoms with van der Waals surface area (Å²) in [7, 11) is 0. The van der Waals surface area contributed by atoms with Crippen molar-refractivity contribution in [1.29, 1.82) is 0 Å². The number of benzene rings is 1. The van der Waals surface area contributed by atoms with Gasteiger partial charge >= 0.3 is 0 Å². The summed E-state index contributed by atoms with van der Waals surface area (Å²) in [6.45, 7) is 0. The first kappa shape index (κ1) is 12.5. The molecule has 0 radical (unpaired) electrons. The molecule has 2 saturated carbocycles. The highest BCUT2D eigenvalue weighted by atomic mass is 79.9. The lowest BCUT2D eigenvalue weighted by Gasteiger charge is -2.24. The number of pyridine rings is 1. The number of nitrogens with zero attached hydrogens (tertiary/aromatic N) is 1. The topological polar surface area (TPSA) is 50.9 Å². The third-order valence-electron chi connectivity index (χ3n) is 4.93. The maximum Gasteiger partial charge on any atom is 0.0954 e. The summed E-state index contributed by atoms with van der Waals surface area (Å²) >= 11 is 3.47. The molecule has 2 bridgehead atoms. The molecule has 20 heavy (non-hydrogen) atoms. The van der Waals surface area contributed by atoms with E-state index in [9.17, 15) is 0 Å². The smallest absolute Gasteiger partial charge is 0.0954 e. The third-order valence-corrected chi connectivity index (χ3v) is 5.36. The second-order valence-electron chi connectivity index (χ2n) is 6.18. The van der Waals surface area contributed by atoms with E-state index in [0.717, 1.165) is 38.6 Å². The van der Waals surface area contributed by atoms with Gasteiger partial charge in [0.25, 0.3) is 0 Å². The number of nitrogens with one attached hydrogen (secondary N) is 1. The number of rotatable bonds is 2. The maximum atomic E-state index is 6.07. The molecular formula is C16H18BrN3. The average molecular weight is 332 g/mol. The van der Waals surface area contributed by atoms with Crippen molar-refractivity contribution in [2.24, 2.45) is 11.8 Å². The van der Waals surface area contributed by atoms with Crippen molar-refractivity contribution < 1.29 is 0 Å². The summed E-state index contributed by atoms with van der Waals surface area (Å²) in [6, 6.07) is 6.71. The summed E-state index contributed by atoms with van der Waals surface area (Å²) in [5.74, 6) is 1.79. The zero-order chi connectivity index (χ0) is 13.7. The van der Waals surface area contributed by atoms with Crippen molar-refractivity contribution in [3.05, 3.63) is 28.9 Å². The van der Waals surface area contributed by atoms with Crippen LogP contribution >= 0.6 is 15.9 Å². The van der Waals surface area contributed by atoms with Gasteiger partial charge in [0.1, 0.15) is 0 Å². The molecule has 4 heteroatoms. The highest BCUT2D eigenvalue weighted by molar-refractivity contribution is 9.10. The Morgan fingerprint density at radius 3 is 2.90 bits per heavy atom. The summed E-state index contributed by atoms with van der Waals surface area (Å²) in [4.78, 5) is 4.56. The number of anilines is 2. The minimum atomic E-state index is 0.617. The number of hydrogen-bond donors (Lipinski definition) is 2. The van der Waals surface area contributed by atoms with E-state index in [-0.39, 0.29) is 0 Å². The van der Waals surface area contributed by atoms with Gasteiger partial charge in [-0.1, -0.05) is 6.42 Å². The van der Waals surface area contributed by atoms with Gasteiger partial charge in [0.2, 0.25) is 0 Å². The van der Waals surface area contributed by atoms with Crippen molar-refractivity contribution in [2.75, 3.05) is 11.1 Å². The molecule has 3 N–H and O–H groups in total. The van der Waals surface area contributed by atoms with Crippen LogP contribution in [0.25, 0.3) is 10.9 Å². The number of nitrogens with two attached hydrogens (primary N) is 1. The Morgan fingerprint density at radius 2 is 2.15 bits per heavy atom. The molecule has 3 atom stereocenters. The predicted octanol–water partition coefficient (Wildman–Crippen LogP) is 4.18. The van der Waals surface area contributed by atoms with E-state index in [4.69, 9.17) is 5.73 Å². The van der Waals surface area contributed by atoms with Crippen LogP contribution in [0.2, 0.25) is 0 Å². The molecule has 1 heterocycles. The van der Waals surface area contributed by atoms with Gasteiger partial charge in [0.05, 0.1) is 11.2 Å². The summed E-state index contributed by atoms with van der Waals surface area (Å²) in [6.07, 6.45) is 7.37. The summed E-state index contributed by atoms with van der Waals surface area (Å²) < 4.78 is 0.966. The van der Waals surface area contributed by atoms with Crippen LogP contribution in [-0.2, 0) is 0 Å². The van der Waals surface area contributed by atoms with Gasteiger partial charge in [-0.05, 0) is 65.2 Å². The number of fused-ring (bicyclic) bond motifs is 3. The van der Waals surface area contributed by atoms with E-state index in [1.54, 1.807) is 0 Å². The number of hydrogen-bond acceptors (Lipinski definition) is 3. The van der Waals surface area contributed by atoms with Gasteiger partial charge in [-0.3, -0.25) is 4.98 Å². The molecule has 0 saturated heterocycles. The van der Waals surface area contributed by atoms with Crippen LogP contribution in [0.5, 0.6) is 0 Å². The Hall–Kier alpha value is -1.29. The molecule has 3 nitrogen and oxygen atoms in total. The van der Waals surface area contributed by atoms with Crippen LogP contribution in [0.4, 0.5) is 11.4 Å². The van der Waals surface area contributed by atoms with Gasteiger partial charge < -0.3 is 11.1 Å². The molecule has 0 aliphatic heterocycles. The normalized spacial score (nSPS) is 28.1. The van der Waals surface area contributed by atoms with Crippen molar-refractivity contribution in [1.82, 2.24) is 4.98 Å². The number of halogens is 1. The van der Waals surface area contributed by atoms with E-state index >= 15 is 0 Å². The van der Waals surface area contributed by atoms with Gasteiger partial charge in [-0.2, -0.15) is 0 Å². The van der Waals surface area contributed by atoms with Crippen molar-refractivity contribution in [3.8, 4) is 0 Å². The summed E-state index contributed by atoms with van der Waals surface area (Å²) in [5, 5.41) is 4.75. The Kier molecular flexibility index (Phi) is 2.88. The van der Waals surface area contributed by atoms with Crippen LogP contribution in [0.1, 0.15) is 25.7 Å². The molecule has 1 aromatic carbocycles. The fraction of sp³-hybridized carbons (Fsp3) is 0.438. The van der Waals surface area contributed by atoms with E-state index in [1.807, 2.05) is 18.3 Å². The highest BCUT2D eigenvalue weighted by Gasteiger charge is 2.39. The van der Waals surface area contributed by atoms with Crippen molar-refractivity contribution in [2.45, 2.75) is 31.7 Å². The quantitative estimate of drug-likeness (QED) is 0.811. The zero-order valence-electron chi connectivity index (χ0n) is 11.3. The lowest BCUT2D eigenvalue weighted by Crippen LogP contribution is -2.26. The second-order valence-corrected chi connectivity index (χ2v) is 7.09. The van der Waals surface area contributed by atoms with Crippen LogP contribution in [0, 0.1) is 11.8 Å². The van der Waals surface area contributed by atoms with E-state index < -0.39 is 0 Å². The number of aromatic nitrogens is 1. The maximum absolute atomic E-state index is 6.07. The highest BCUT2D eigenvalue weighted by Crippen LogP contribution is 2.46. The minimum absolute atomic E-state index is 0.617. The first-order valence-electron chi connectivity index (χ1n) is 7.31. The monoisotopic (exact) mass is 331 g/mol. The molecule has 4 rings (SSSR count). The largest absolute Gasteiger partial charge is 0.398 e. The lowest BCUT2D eigenvalue weighted by atomic mass is 9.95. The molecule has 2 fully saturated rings. The first-order chi connectivity index (χ1) is 9.70. The van der Waals surface area contributed by atoms with E-state index in [2.05, 4.69) is 32.3 Å². The fourth-order valence-corrected chi connectivity index (χ4v) is 4.28. The minimum Gasteiger partial charge on any atom is -0.398 e. The Morgan fingerprint density at radius 1 is 1.25 bits per heavy atom. The molecular weight excluding hydrogens is 314 g/mol. The van der Waals surface area contributed by atoms with Crippen LogP contribution in [0.3, 0.4) is 0 Å². The molecule has 2 aliphatic rings. The average Bonchev–Trinajstić information content (AvgIpc) is 3.04. The second kappa shape index (κ2) is 4.62. The van der Waals surface area contributed by atoms with Gasteiger partial charge in [-0.25, -0.2) is 0 Å². The Balaban J connectivity index is 1.71. The fourth-order valence-electron chi connectivity index (χ4n) is 3.95. The van der Waals surface area contributed by atoms with Gasteiger partial charge in [0.15, 0.2) is 0 Å². The molecule has 104 valence electrons. The molecule has 0 spiro atoms. The van der Waals surface area contributed by atoms with E-state index in [0.29, 0.717) is 6.04 Å². The SMILES string of the molecule is Nc1ccc(NC2CC3CCC2C3)c2ncc(Br)cc12. The first-order valence-corrected chi connectivity index (χ1v) is 8.10. The lowest BCUT2D eigenvalue weighted by molar-refractivity contribution is 0.440. The molecule has 3 unspecified atom stereocenters. The van der Waals surface area contributed by atoms with Crippen LogP contribution in [-0.4, -0.2) is 11.0 Å². The third kappa shape index (κ3) is 1.97. The number of nitrogen functional groups attached to an aromatic ring is 1. The molecule has 0 amide bonds. The van der Waals surface area contributed by atoms with Crippen molar-refractivity contribution >= 4 is 38.2 Å². The van der Waals surface area contributed by atoms with Gasteiger partial charge in [-0.15, -0.1) is 0 Å².